The van der Waals surface area contributed by atoms with Gasteiger partial charge in [0.15, 0.2) is 6.61 Å². The lowest BCUT2D eigenvalue weighted by Crippen LogP contribution is -2.49. The first-order chi connectivity index (χ1) is 13.7. The van der Waals surface area contributed by atoms with E-state index in [-0.39, 0.29) is 12.5 Å². The van der Waals surface area contributed by atoms with Crippen LogP contribution in [0.4, 0.5) is 0 Å². The van der Waals surface area contributed by atoms with Crippen LogP contribution in [0.3, 0.4) is 0 Å². The van der Waals surface area contributed by atoms with E-state index in [1.165, 1.54) is 10.9 Å². The first kappa shape index (κ1) is 19.0. The topological polar surface area (TPSA) is 32.8 Å². The summed E-state index contributed by atoms with van der Waals surface area (Å²) in [5.41, 5.74) is 1.29. The van der Waals surface area contributed by atoms with E-state index in [0.29, 0.717) is 0 Å². The van der Waals surface area contributed by atoms with Crippen molar-refractivity contribution in [3.05, 3.63) is 76.8 Å². The molecule has 1 aliphatic heterocycles. The molecule has 4 rings (SSSR count). The quantitative estimate of drug-likeness (QED) is 0.594. The Kier molecular flexibility index (Phi) is 5.93. The van der Waals surface area contributed by atoms with Crippen molar-refractivity contribution in [2.24, 2.45) is 0 Å². The van der Waals surface area contributed by atoms with E-state index in [1.54, 1.807) is 0 Å². The molecule has 4 nitrogen and oxygen atoms in total. The van der Waals surface area contributed by atoms with Crippen LogP contribution >= 0.6 is 15.9 Å². The number of nitrogens with zero attached hydrogens (tertiary/aromatic N) is 2. The number of fused-ring (bicyclic) bond motifs is 1. The molecule has 1 fully saturated rings. The molecule has 0 atom stereocenters. The SMILES string of the molecule is O=C(COc1ccc2ccccc2c1)N1CCN(Cc2cccc(Br)c2)CC1. The lowest BCUT2D eigenvalue weighted by molar-refractivity contribution is -0.135. The van der Waals surface area contributed by atoms with Crippen molar-refractivity contribution in [1.29, 1.82) is 0 Å². The van der Waals surface area contributed by atoms with Crippen LogP contribution in [0.2, 0.25) is 0 Å². The van der Waals surface area contributed by atoms with Gasteiger partial charge >= 0.3 is 0 Å². The molecular formula is C23H23BrN2O2. The number of piperazine rings is 1. The van der Waals surface area contributed by atoms with Crippen LogP contribution in [0.15, 0.2) is 71.2 Å². The highest BCUT2D eigenvalue weighted by Crippen LogP contribution is 2.20. The van der Waals surface area contributed by atoms with E-state index in [2.05, 4.69) is 51.2 Å². The molecule has 3 aromatic rings. The van der Waals surface area contributed by atoms with Crippen LogP contribution in [-0.4, -0.2) is 48.5 Å². The Balaban J connectivity index is 1.26. The minimum absolute atomic E-state index is 0.0512. The number of carbonyl (C=O) groups excluding carboxylic acids is 1. The Morgan fingerprint density at radius 2 is 1.68 bits per heavy atom. The predicted octanol–water partition coefficient (Wildman–Crippen LogP) is 4.33. The summed E-state index contributed by atoms with van der Waals surface area (Å²) in [4.78, 5) is 16.8. The van der Waals surface area contributed by atoms with Gasteiger partial charge in [-0.05, 0) is 40.6 Å². The van der Waals surface area contributed by atoms with Crippen molar-refractivity contribution >= 4 is 32.6 Å². The van der Waals surface area contributed by atoms with Gasteiger partial charge in [-0.1, -0.05) is 58.4 Å². The van der Waals surface area contributed by atoms with Crippen LogP contribution < -0.4 is 4.74 Å². The molecule has 0 bridgehead atoms. The zero-order valence-electron chi connectivity index (χ0n) is 15.7. The van der Waals surface area contributed by atoms with Gasteiger partial charge in [-0.2, -0.15) is 0 Å². The summed E-state index contributed by atoms with van der Waals surface area (Å²) in [5.74, 6) is 0.788. The molecule has 1 saturated heterocycles. The van der Waals surface area contributed by atoms with Gasteiger partial charge in [0, 0.05) is 37.2 Å². The zero-order valence-corrected chi connectivity index (χ0v) is 17.3. The van der Waals surface area contributed by atoms with Crippen LogP contribution in [0.5, 0.6) is 5.75 Å². The number of hydrogen-bond donors (Lipinski definition) is 0. The molecule has 1 aliphatic rings. The molecule has 1 amide bonds. The van der Waals surface area contributed by atoms with Crippen molar-refractivity contribution in [1.82, 2.24) is 9.80 Å². The van der Waals surface area contributed by atoms with Crippen molar-refractivity contribution in [2.75, 3.05) is 32.8 Å². The number of carbonyl (C=O) groups is 1. The van der Waals surface area contributed by atoms with Gasteiger partial charge in [0.2, 0.25) is 0 Å². The molecule has 0 N–H and O–H groups in total. The van der Waals surface area contributed by atoms with Gasteiger partial charge in [0.25, 0.3) is 5.91 Å². The van der Waals surface area contributed by atoms with Crippen LogP contribution in [-0.2, 0) is 11.3 Å². The highest BCUT2D eigenvalue weighted by molar-refractivity contribution is 9.10. The van der Waals surface area contributed by atoms with Crippen LogP contribution in [0, 0.1) is 0 Å². The van der Waals surface area contributed by atoms with E-state index in [4.69, 9.17) is 4.74 Å². The number of ether oxygens (including phenoxy) is 1. The smallest absolute Gasteiger partial charge is 0.260 e. The van der Waals surface area contributed by atoms with Crippen molar-refractivity contribution in [2.45, 2.75) is 6.54 Å². The Bertz CT molecular complexity index is 967. The van der Waals surface area contributed by atoms with Crippen LogP contribution in [0.25, 0.3) is 10.8 Å². The maximum absolute atomic E-state index is 12.5. The largest absolute Gasteiger partial charge is 0.484 e. The van der Waals surface area contributed by atoms with Crippen molar-refractivity contribution in [3.8, 4) is 5.75 Å². The first-order valence-corrected chi connectivity index (χ1v) is 10.3. The predicted molar refractivity (Wildman–Crippen MR) is 115 cm³/mol. The molecule has 0 spiro atoms. The lowest BCUT2D eigenvalue weighted by atomic mass is 10.1. The summed E-state index contributed by atoms with van der Waals surface area (Å²) in [5, 5.41) is 2.29. The first-order valence-electron chi connectivity index (χ1n) is 9.53. The standard InChI is InChI=1S/C23H23BrN2O2/c24-21-7-3-4-18(14-21)16-25-10-12-26(13-11-25)23(27)17-28-22-9-8-19-5-1-2-6-20(19)15-22/h1-9,14-15H,10-13,16-17H2. The second-order valence-corrected chi connectivity index (χ2v) is 8.00. The molecule has 0 unspecified atom stereocenters. The fraction of sp³-hybridized carbons (Fsp3) is 0.261. The third-order valence-electron chi connectivity index (χ3n) is 5.10. The summed E-state index contributed by atoms with van der Waals surface area (Å²) in [6, 6.07) is 22.5. The number of benzene rings is 3. The highest BCUT2D eigenvalue weighted by Gasteiger charge is 2.21. The minimum Gasteiger partial charge on any atom is -0.484 e. The summed E-state index contributed by atoms with van der Waals surface area (Å²) in [6.45, 7) is 4.25. The average Bonchev–Trinajstić information content (AvgIpc) is 2.72. The minimum atomic E-state index is 0.0512. The molecule has 0 saturated carbocycles. The summed E-state index contributed by atoms with van der Waals surface area (Å²) in [7, 11) is 0. The Morgan fingerprint density at radius 3 is 2.46 bits per heavy atom. The van der Waals surface area contributed by atoms with Gasteiger partial charge in [-0.15, -0.1) is 0 Å². The van der Waals surface area contributed by atoms with Crippen molar-refractivity contribution in [3.63, 3.8) is 0 Å². The van der Waals surface area contributed by atoms with E-state index in [9.17, 15) is 4.79 Å². The molecule has 144 valence electrons. The van der Waals surface area contributed by atoms with Gasteiger partial charge in [-0.3, -0.25) is 9.69 Å². The highest BCUT2D eigenvalue weighted by atomic mass is 79.9. The van der Waals surface area contributed by atoms with Crippen LogP contribution in [0.1, 0.15) is 5.56 Å². The molecule has 0 aromatic heterocycles. The Labute approximate surface area is 173 Å². The van der Waals surface area contributed by atoms with Crippen molar-refractivity contribution < 1.29 is 9.53 Å². The number of amides is 1. The van der Waals surface area contributed by atoms with E-state index < -0.39 is 0 Å². The second-order valence-electron chi connectivity index (χ2n) is 7.08. The summed E-state index contributed by atoms with van der Waals surface area (Å²) >= 11 is 3.52. The third kappa shape index (κ3) is 4.72. The van der Waals surface area contributed by atoms with Gasteiger partial charge in [0.1, 0.15) is 5.75 Å². The lowest BCUT2D eigenvalue weighted by Gasteiger charge is -2.34. The third-order valence-corrected chi connectivity index (χ3v) is 5.60. The van der Waals surface area contributed by atoms with E-state index in [1.807, 2.05) is 41.3 Å². The monoisotopic (exact) mass is 438 g/mol. The van der Waals surface area contributed by atoms with E-state index in [0.717, 1.165) is 48.3 Å². The fourth-order valence-corrected chi connectivity index (χ4v) is 3.99. The molecule has 0 radical (unpaired) electrons. The van der Waals surface area contributed by atoms with Gasteiger partial charge in [0.05, 0.1) is 0 Å². The normalized spacial score (nSPS) is 15.0. The maximum atomic E-state index is 12.5. The number of halogens is 1. The number of hydrogen-bond acceptors (Lipinski definition) is 3. The van der Waals surface area contributed by atoms with Gasteiger partial charge in [-0.25, -0.2) is 0 Å². The molecule has 3 aromatic carbocycles. The molecule has 5 heteroatoms. The van der Waals surface area contributed by atoms with Gasteiger partial charge < -0.3 is 9.64 Å². The maximum Gasteiger partial charge on any atom is 0.260 e. The molecule has 1 heterocycles. The second kappa shape index (κ2) is 8.76. The Hall–Kier alpha value is -2.37. The fourth-order valence-electron chi connectivity index (χ4n) is 3.54. The van der Waals surface area contributed by atoms with E-state index >= 15 is 0 Å². The molecule has 28 heavy (non-hydrogen) atoms. The number of rotatable bonds is 5. The summed E-state index contributed by atoms with van der Waals surface area (Å²) < 4.78 is 6.86. The molecular weight excluding hydrogens is 416 g/mol. The average molecular weight is 439 g/mol. The Morgan fingerprint density at radius 1 is 0.893 bits per heavy atom. The molecule has 0 aliphatic carbocycles. The summed E-state index contributed by atoms with van der Waals surface area (Å²) in [6.07, 6.45) is 0. The zero-order chi connectivity index (χ0) is 19.3.